The van der Waals surface area contributed by atoms with E-state index < -0.39 is 17.9 Å². The van der Waals surface area contributed by atoms with Crippen molar-refractivity contribution in [2.45, 2.75) is 44.9 Å². The average Bonchev–Trinajstić information content (AvgIpc) is 3.01. The van der Waals surface area contributed by atoms with Gasteiger partial charge in [0.25, 0.3) is 5.91 Å². The van der Waals surface area contributed by atoms with Gasteiger partial charge in [-0.25, -0.2) is 4.98 Å². The predicted octanol–water partition coefficient (Wildman–Crippen LogP) is 2.03. The molecule has 1 amide bonds. The molecule has 146 valence electrons. The van der Waals surface area contributed by atoms with Gasteiger partial charge in [-0.15, -0.1) is 0 Å². The molecule has 1 atom stereocenters. The molecule has 0 saturated carbocycles. The van der Waals surface area contributed by atoms with E-state index in [0.717, 1.165) is 19.5 Å². The number of imidazole rings is 1. The Morgan fingerprint density at radius 2 is 1.96 bits per heavy atom. The normalized spacial score (nSPS) is 19.9. The molecule has 2 aliphatic heterocycles. The molecule has 0 spiro atoms. The number of fused-ring (bicyclic) bond motifs is 1. The summed E-state index contributed by atoms with van der Waals surface area (Å²) in [5.74, 6) is -1.39. The number of carbonyl (C=O) groups excluding carboxylic acids is 1. The Hall–Kier alpha value is -1.61. The molecule has 1 aromatic rings. The van der Waals surface area contributed by atoms with Crippen LogP contribution in [0.2, 0.25) is 0 Å². The molecule has 9 heteroatoms. The second kappa shape index (κ2) is 7.56. The highest BCUT2D eigenvalue weighted by Crippen LogP contribution is 2.33. The second-order valence-corrected chi connectivity index (χ2v) is 7.02. The van der Waals surface area contributed by atoms with Gasteiger partial charge in [0.2, 0.25) is 5.82 Å². The van der Waals surface area contributed by atoms with Crippen molar-refractivity contribution in [1.82, 2.24) is 19.4 Å². The minimum atomic E-state index is -4.55. The molecule has 0 N–H and O–H groups in total. The van der Waals surface area contributed by atoms with E-state index in [-0.39, 0.29) is 18.3 Å². The van der Waals surface area contributed by atoms with Crippen molar-refractivity contribution in [2.24, 2.45) is 0 Å². The molecule has 26 heavy (non-hydrogen) atoms. The van der Waals surface area contributed by atoms with Crippen molar-refractivity contribution in [2.75, 3.05) is 39.9 Å². The first-order chi connectivity index (χ1) is 12.3. The average molecular weight is 374 g/mol. The first-order valence-electron chi connectivity index (χ1n) is 9.03. The van der Waals surface area contributed by atoms with E-state index in [2.05, 4.69) is 9.88 Å². The van der Waals surface area contributed by atoms with Gasteiger partial charge >= 0.3 is 6.18 Å². The largest absolute Gasteiger partial charge is 0.449 e. The Kier molecular flexibility index (Phi) is 5.57. The summed E-state index contributed by atoms with van der Waals surface area (Å²) in [6.45, 7) is 5.74. The number of halogens is 3. The van der Waals surface area contributed by atoms with Crippen LogP contribution in [0.5, 0.6) is 0 Å². The molecule has 3 heterocycles. The molecule has 1 aromatic heterocycles. The summed E-state index contributed by atoms with van der Waals surface area (Å²) in [7, 11) is 1.63. The van der Waals surface area contributed by atoms with Crippen LogP contribution in [0.1, 0.15) is 41.8 Å². The zero-order chi connectivity index (χ0) is 18.9. The number of morpholine rings is 1. The third-order valence-corrected chi connectivity index (χ3v) is 5.18. The first kappa shape index (κ1) is 19.2. The minimum Gasteiger partial charge on any atom is -0.379 e. The summed E-state index contributed by atoms with van der Waals surface area (Å²) in [5.41, 5.74) is 0.368. The summed E-state index contributed by atoms with van der Waals surface area (Å²) in [6.07, 6.45) is -2.65. The van der Waals surface area contributed by atoms with Crippen molar-refractivity contribution in [1.29, 1.82) is 0 Å². The van der Waals surface area contributed by atoms with Crippen LogP contribution >= 0.6 is 0 Å². The molecule has 0 bridgehead atoms. The highest BCUT2D eigenvalue weighted by molar-refractivity contribution is 5.93. The molecule has 3 rings (SSSR count). The van der Waals surface area contributed by atoms with E-state index in [4.69, 9.17) is 4.74 Å². The van der Waals surface area contributed by atoms with Gasteiger partial charge in [0.15, 0.2) is 0 Å². The maximum atomic E-state index is 13.3. The Bertz CT molecular complexity index is 653. The van der Waals surface area contributed by atoms with E-state index in [1.807, 2.05) is 6.92 Å². The lowest BCUT2D eigenvalue weighted by atomic mass is 10.1. The number of aromatic nitrogens is 2. The second-order valence-electron chi connectivity index (χ2n) is 7.02. The fourth-order valence-corrected chi connectivity index (χ4v) is 3.58. The minimum absolute atomic E-state index is 0.0478. The number of nitrogens with zero attached hydrogens (tertiary/aromatic N) is 4. The van der Waals surface area contributed by atoms with Crippen LogP contribution in [0.4, 0.5) is 13.2 Å². The molecular weight excluding hydrogens is 349 g/mol. The third-order valence-electron chi connectivity index (χ3n) is 5.18. The summed E-state index contributed by atoms with van der Waals surface area (Å²) in [4.78, 5) is 20.3. The van der Waals surface area contributed by atoms with E-state index in [0.29, 0.717) is 38.3 Å². The molecule has 0 aromatic carbocycles. The summed E-state index contributed by atoms with van der Waals surface area (Å²) >= 11 is 0. The summed E-state index contributed by atoms with van der Waals surface area (Å²) in [6, 6.07) is -0.129. The molecule has 0 radical (unpaired) electrons. The van der Waals surface area contributed by atoms with Crippen molar-refractivity contribution in [3.8, 4) is 0 Å². The van der Waals surface area contributed by atoms with Crippen molar-refractivity contribution in [3.63, 3.8) is 0 Å². The third kappa shape index (κ3) is 3.88. The monoisotopic (exact) mass is 374 g/mol. The van der Waals surface area contributed by atoms with Crippen LogP contribution in [-0.4, -0.2) is 71.2 Å². The van der Waals surface area contributed by atoms with Crippen molar-refractivity contribution in [3.05, 3.63) is 17.2 Å². The number of amides is 1. The van der Waals surface area contributed by atoms with Gasteiger partial charge in [-0.1, -0.05) is 0 Å². The quantitative estimate of drug-likeness (QED) is 0.809. The number of likely N-dealkylation sites (N-methyl/N-ethyl adjacent to an activating group) is 1. The molecule has 1 saturated heterocycles. The maximum Gasteiger partial charge on any atom is 0.449 e. The Labute approximate surface area is 150 Å². The molecule has 0 aliphatic carbocycles. The lowest BCUT2D eigenvalue weighted by molar-refractivity contribution is -0.147. The van der Waals surface area contributed by atoms with Gasteiger partial charge in [0.1, 0.15) is 5.69 Å². The smallest absolute Gasteiger partial charge is 0.379 e. The number of hydrogen-bond donors (Lipinski definition) is 0. The van der Waals surface area contributed by atoms with Gasteiger partial charge in [0, 0.05) is 39.3 Å². The summed E-state index contributed by atoms with van der Waals surface area (Å²) < 4.78 is 46.4. The zero-order valence-corrected chi connectivity index (χ0v) is 15.2. The SMILES string of the molecule is CC(CN1CCOCC1)N(C)C(=O)c1nc(C(F)(F)F)n2c1CCCC2. The molecular formula is C17H25F3N4O2. The molecule has 2 aliphatic rings. The highest BCUT2D eigenvalue weighted by atomic mass is 19.4. The van der Waals surface area contributed by atoms with Gasteiger partial charge < -0.3 is 14.2 Å². The Morgan fingerprint density at radius 3 is 2.62 bits per heavy atom. The van der Waals surface area contributed by atoms with Gasteiger partial charge in [-0.05, 0) is 26.2 Å². The zero-order valence-electron chi connectivity index (χ0n) is 15.2. The Balaban J connectivity index is 1.79. The molecule has 6 nitrogen and oxygen atoms in total. The number of carbonyl (C=O) groups is 1. The number of ether oxygens (including phenoxy) is 1. The van der Waals surface area contributed by atoms with E-state index in [9.17, 15) is 18.0 Å². The van der Waals surface area contributed by atoms with Gasteiger partial charge in [-0.3, -0.25) is 9.69 Å². The fourth-order valence-electron chi connectivity index (χ4n) is 3.58. The molecule has 1 unspecified atom stereocenters. The fraction of sp³-hybridized carbons (Fsp3) is 0.765. The van der Waals surface area contributed by atoms with Crippen LogP contribution in [0.3, 0.4) is 0 Å². The number of hydrogen-bond acceptors (Lipinski definition) is 4. The van der Waals surface area contributed by atoms with E-state index >= 15 is 0 Å². The van der Waals surface area contributed by atoms with E-state index in [1.54, 1.807) is 7.05 Å². The van der Waals surface area contributed by atoms with Crippen molar-refractivity contribution < 1.29 is 22.7 Å². The van der Waals surface area contributed by atoms with Gasteiger partial charge in [0.05, 0.1) is 18.9 Å². The van der Waals surface area contributed by atoms with Crippen LogP contribution in [0.25, 0.3) is 0 Å². The van der Waals surface area contributed by atoms with E-state index in [1.165, 1.54) is 9.47 Å². The predicted molar refractivity (Wildman–Crippen MR) is 89.0 cm³/mol. The highest BCUT2D eigenvalue weighted by Gasteiger charge is 2.41. The standard InChI is InChI=1S/C17H25F3N4O2/c1-12(11-23-7-9-26-10-8-23)22(2)15(25)14-13-5-3-4-6-24(13)16(21-14)17(18,19)20/h12H,3-11H2,1-2H3. The number of alkyl halides is 3. The van der Waals surface area contributed by atoms with Crippen LogP contribution in [0, 0.1) is 0 Å². The summed E-state index contributed by atoms with van der Waals surface area (Å²) in [5, 5.41) is 0. The van der Waals surface area contributed by atoms with Crippen LogP contribution in [-0.2, 0) is 23.9 Å². The lowest BCUT2D eigenvalue weighted by Gasteiger charge is -2.33. The molecule has 1 fully saturated rings. The van der Waals surface area contributed by atoms with Crippen molar-refractivity contribution >= 4 is 5.91 Å². The van der Waals surface area contributed by atoms with Crippen LogP contribution in [0.15, 0.2) is 0 Å². The lowest BCUT2D eigenvalue weighted by Crippen LogP contribution is -2.47. The number of rotatable bonds is 4. The maximum absolute atomic E-state index is 13.3. The topological polar surface area (TPSA) is 50.6 Å². The first-order valence-corrected chi connectivity index (χ1v) is 9.03. The van der Waals surface area contributed by atoms with Crippen LogP contribution < -0.4 is 0 Å². The Morgan fingerprint density at radius 1 is 1.27 bits per heavy atom. The van der Waals surface area contributed by atoms with Gasteiger partial charge in [-0.2, -0.15) is 13.2 Å².